The van der Waals surface area contributed by atoms with Gasteiger partial charge in [-0.3, -0.25) is 4.57 Å². The average Bonchev–Trinajstić information content (AvgIpc) is 2.63. The number of hydrogen-bond acceptors (Lipinski definition) is 4. The third-order valence-corrected chi connectivity index (χ3v) is 7.42. The van der Waals surface area contributed by atoms with Gasteiger partial charge in [-0.15, -0.1) is 0 Å². The molecular weight excluding hydrogens is 358 g/mol. The van der Waals surface area contributed by atoms with E-state index in [0.29, 0.717) is 0 Å². The summed E-state index contributed by atoms with van der Waals surface area (Å²) in [5.41, 5.74) is 0. The van der Waals surface area contributed by atoms with Crippen LogP contribution in [0.2, 0.25) is 0 Å². The molecule has 3 aromatic rings. The first-order chi connectivity index (χ1) is 12.0. The van der Waals surface area contributed by atoms with Crippen LogP contribution in [0.5, 0.6) is 5.75 Å². The van der Waals surface area contributed by atoms with Crippen LogP contribution in [0.3, 0.4) is 0 Å². The first-order valence-electron chi connectivity index (χ1n) is 7.50. The minimum absolute atomic E-state index is 0.0443. The van der Waals surface area contributed by atoms with Gasteiger partial charge in [-0.1, -0.05) is 54.6 Å². The van der Waals surface area contributed by atoms with E-state index in [1.54, 1.807) is 66.7 Å². The summed E-state index contributed by atoms with van der Waals surface area (Å²) in [7, 11) is -8.45. The Labute approximate surface area is 145 Å². The van der Waals surface area contributed by atoms with Crippen molar-refractivity contribution in [2.75, 3.05) is 0 Å². The van der Waals surface area contributed by atoms with E-state index < -0.39 is 15.2 Å². The summed E-state index contributed by atoms with van der Waals surface area (Å²) < 4.78 is 36.9. The van der Waals surface area contributed by atoms with Crippen molar-refractivity contribution in [2.45, 2.75) is 0 Å². The van der Waals surface area contributed by atoms with E-state index >= 15 is 0 Å². The minimum atomic E-state index is -4.36. The van der Waals surface area contributed by atoms with Gasteiger partial charge < -0.3 is 9.42 Å². The third kappa shape index (κ3) is 4.28. The molecule has 2 unspecified atom stereocenters. The molecule has 25 heavy (non-hydrogen) atoms. The van der Waals surface area contributed by atoms with Crippen molar-refractivity contribution in [3.8, 4) is 5.75 Å². The van der Waals surface area contributed by atoms with Crippen LogP contribution in [-0.4, -0.2) is 4.89 Å². The average molecular weight is 374 g/mol. The van der Waals surface area contributed by atoms with Crippen molar-refractivity contribution < 1.29 is 22.9 Å². The molecule has 0 saturated heterocycles. The zero-order chi connectivity index (χ0) is 17.8. The fraction of sp³-hybridized carbons (Fsp3) is 0. The smallest absolute Gasteiger partial charge is 0.418 e. The maximum absolute atomic E-state index is 13.4. The van der Waals surface area contributed by atoms with E-state index in [4.69, 9.17) is 8.83 Å². The van der Waals surface area contributed by atoms with Gasteiger partial charge >= 0.3 is 15.2 Å². The molecule has 0 aromatic heterocycles. The Balaban J connectivity index is 2.00. The van der Waals surface area contributed by atoms with Gasteiger partial charge in [-0.2, -0.15) is 0 Å². The highest BCUT2D eigenvalue weighted by Gasteiger charge is 2.39. The van der Waals surface area contributed by atoms with Crippen molar-refractivity contribution in [1.29, 1.82) is 0 Å². The Kier molecular flexibility index (Phi) is 5.22. The second-order valence-electron chi connectivity index (χ2n) is 5.17. The van der Waals surface area contributed by atoms with Crippen LogP contribution in [-0.2, 0) is 13.4 Å². The van der Waals surface area contributed by atoms with Crippen molar-refractivity contribution in [3.63, 3.8) is 0 Å². The summed E-state index contributed by atoms with van der Waals surface area (Å²) in [6.07, 6.45) is 0. The van der Waals surface area contributed by atoms with Crippen molar-refractivity contribution in [2.24, 2.45) is 0 Å². The van der Waals surface area contributed by atoms with E-state index in [1.165, 1.54) is 24.3 Å². The molecule has 0 aliphatic rings. The first-order valence-corrected chi connectivity index (χ1v) is 10.6. The van der Waals surface area contributed by atoms with Gasteiger partial charge in [0.25, 0.3) is 0 Å². The minimum Gasteiger partial charge on any atom is -0.421 e. The summed E-state index contributed by atoms with van der Waals surface area (Å²) in [6, 6.07) is 24.3. The predicted molar refractivity (Wildman–Crippen MR) is 97.7 cm³/mol. The Hall–Kier alpha value is -2.16. The molecule has 128 valence electrons. The lowest BCUT2D eigenvalue weighted by molar-refractivity contribution is 0.353. The predicted octanol–water partition coefficient (Wildman–Crippen LogP) is 4.11. The number of hydrogen-bond donors (Lipinski definition) is 1. The van der Waals surface area contributed by atoms with Crippen molar-refractivity contribution in [1.82, 2.24) is 0 Å². The molecule has 0 radical (unpaired) electrons. The van der Waals surface area contributed by atoms with E-state index in [9.17, 15) is 14.0 Å². The lowest BCUT2D eigenvalue weighted by Gasteiger charge is -2.22. The summed E-state index contributed by atoms with van der Waals surface area (Å²) >= 11 is 0. The summed E-state index contributed by atoms with van der Waals surface area (Å²) in [5.74, 6) is 0.280. The molecule has 3 aromatic carbocycles. The molecule has 0 bridgehead atoms. The highest BCUT2D eigenvalue weighted by atomic mass is 31.3. The maximum Gasteiger partial charge on any atom is 0.418 e. The van der Waals surface area contributed by atoms with Crippen LogP contribution in [0.15, 0.2) is 91.0 Å². The Morgan fingerprint density at radius 3 is 1.60 bits per heavy atom. The van der Waals surface area contributed by atoms with Gasteiger partial charge in [-0.05, 0) is 36.4 Å². The van der Waals surface area contributed by atoms with Crippen molar-refractivity contribution in [3.05, 3.63) is 91.0 Å². The first kappa shape index (κ1) is 17.7. The fourth-order valence-corrected chi connectivity index (χ4v) is 5.80. The van der Waals surface area contributed by atoms with E-state index in [1.807, 2.05) is 0 Å². The molecule has 0 aliphatic heterocycles. The molecule has 3 rings (SSSR count). The Morgan fingerprint density at radius 1 is 0.640 bits per heavy atom. The van der Waals surface area contributed by atoms with Gasteiger partial charge in [-0.25, -0.2) is 8.88 Å². The van der Waals surface area contributed by atoms with Crippen LogP contribution in [0, 0.1) is 0 Å². The molecule has 0 heterocycles. The second kappa shape index (κ2) is 7.38. The summed E-state index contributed by atoms with van der Waals surface area (Å²) in [4.78, 5) is 10.3. The van der Waals surface area contributed by atoms with E-state index in [2.05, 4.69) is 0 Å². The largest absolute Gasteiger partial charge is 0.421 e. The van der Waals surface area contributed by atoms with Gasteiger partial charge in [0.2, 0.25) is 0 Å². The zero-order valence-corrected chi connectivity index (χ0v) is 14.9. The molecule has 0 saturated carbocycles. The highest BCUT2D eigenvalue weighted by Crippen LogP contribution is 2.60. The van der Waals surface area contributed by atoms with Crippen LogP contribution in [0.25, 0.3) is 0 Å². The molecule has 0 spiro atoms. The Bertz CT molecular complexity index is 914. The molecule has 5 nitrogen and oxygen atoms in total. The SMILES string of the molecule is O=P(O)(OP(=O)(Oc1ccccc1)c1ccccc1)c1ccccc1. The normalized spacial score (nSPS) is 15.7. The molecule has 7 heteroatoms. The van der Waals surface area contributed by atoms with Crippen LogP contribution in [0.1, 0.15) is 0 Å². The van der Waals surface area contributed by atoms with Gasteiger partial charge in [0.15, 0.2) is 0 Å². The molecule has 1 N–H and O–H groups in total. The lowest BCUT2D eigenvalue weighted by atomic mass is 10.3. The van der Waals surface area contributed by atoms with Gasteiger partial charge in [0.1, 0.15) is 5.75 Å². The fourth-order valence-electron chi connectivity index (χ4n) is 2.16. The standard InChI is InChI=1S/C18H16O5P2/c19-24(20,17-12-6-2-7-13-17)23-25(21,18-14-8-3-9-15-18)22-16-10-4-1-5-11-16/h1-15H,(H,19,20). The summed E-state index contributed by atoms with van der Waals surface area (Å²) in [6.45, 7) is 0. The maximum atomic E-state index is 13.4. The highest BCUT2D eigenvalue weighted by molar-refractivity contribution is 7.74. The van der Waals surface area contributed by atoms with Crippen LogP contribution in [0.4, 0.5) is 0 Å². The quantitative estimate of drug-likeness (QED) is 0.658. The Morgan fingerprint density at radius 2 is 1.08 bits per heavy atom. The molecular formula is C18H16O5P2. The molecule has 0 amide bonds. The summed E-state index contributed by atoms with van der Waals surface area (Å²) in [5, 5.41) is 0.242. The number of para-hydroxylation sites is 1. The topological polar surface area (TPSA) is 72.8 Å². The van der Waals surface area contributed by atoms with Crippen LogP contribution < -0.4 is 15.1 Å². The second-order valence-corrected chi connectivity index (χ2v) is 9.08. The number of rotatable bonds is 6. The van der Waals surface area contributed by atoms with Crippen LogP contribution >= 0.6 is 15.2 Å². The number of benzene rings is 3. The molecule has 0 fully saturated rings. The monoisotopic (exact) mass is 374 g/mol. The molecule has 0 aliphatic carbocycles. The van der Waals surface area contributed by atoms with Gasteiger partial charge in [0, 0.05) is 0 Å². The third-order valence-electron chi connectivity index (χ3n) is 3.34. The molecule has 2 atom stereocenters. The lowest BCUT2D eigenvalue weighted by Crippen LogP contribution is -2.14. The van der Waals surface area contributed by atoms with Crippen molar-refractivity contribution >= 4 is 25.8 Å². The van der Waals surface area contributed by atoms with Gasteiger partial charge in [0.05, 0.1) is 10.6 Å². The van der Waals surface area contributed by atoms with E-state index in [-0.39, 0.29) is 16.4 Å². The van der Waals surface area contributed by atoms with E-state index in [0.717, 1.165) is 0 Å². The zero-order valence-electron chi connectivity index (χ0n) is 13.1.